The molecule has 0 unspecified atom stereocenters. The van der Waals surface area contributed by atoms with Crippen molar-refractivity contribution in [1.29, 1.82) is 0 Å². The predicted molar refractivity (Wildman–Crippen MR) is 66.4 cm³/mol. The van der Waals surface area contributed by atoms with Gasteiger partial charge >= 0.3 is 0 Å². The van der Waals surface area contributed by atoms with Gasteiger partial charge < -0.3 is 15.5 Å². The summed E-state index contributed by atoms with van der Waals surface area (Å²) in [4.78, 5) is 14.1. The van der Waals surface area contributed by atoms with Gasteiger partial charge in [0.2, 0.25) is 5.91 Å². The van der Waals surface area contributed by atoms with Crippen LogP contribution in [-0.4, -0.2) is 51.1 Å². The number of amides is 1. The molecule has 1 saturated heterocycles. The Morgan fingerprint density at radius 2 is 2.00 bits per heavy atom. The maximum absolute atomic E-state index is 12.0. The summed E-state index contributed by atoms with van der Waals surface area (Å²) in [7, 11) is 4.10. The third-order valence-electron chi connectivity index (χ3n) is 3.32. The molecule has 0 radical (unpaired) electrons. The fraction of sp³-hybridized carbons (Fsp3) is 0.917. The Kier molecular flexibility index (Phi) is 5.22. The molecule has 0 aromatic rings. The Labute approximate surface area is 98.8 Å². The maximum Gasteiger partial charge on any atom is 0.226 e. The second-order valence-corrected chi connectivity index (χ2v) is 5.22. The van der Waals surface area contributed by atoms with E-state index in [-0.39, 0.29) is 11.3 Å². The van der Waals surface area contributed by atoms with Crippen molar-refractivity contribution >= 4 is 5.91 Å². The van der Waals surface area contributed by atoms with Crippen LogP contribution in [-0.2, 0) is 4.79 Å². The van der Waals surface area contributed by atoms with E-state index in [1.807, 2.05) is 0 Å². The Balaban J connectivity index is 2.23. The largest absolute Gasteiger partial charge is 0.356 e. The molecule has 0 aromatic heterocycles. The molecule has 1 aliphatic rings. The van der Waals surface area contributed by atoms with Crippen LogP contribution in [0.5, 0.6) is 0 Å². The second-order valence-electron chi connectivity index (χ2n) is 5.22. The van der Waals surface area contributed by atoms with Gasteiger partial charge in [0, 0.05) is 12.0 Å². The lowest BCUT2D eigenvalue weighted by Gasteiger charge is -2.32. The van der Waals surface area contributed by atoms with E-state index in [9.17, 15) is 4.79 Å². The molecule has 1 amide bonds. The van der Waals surface area contributed by atoms with Crippen molar-refractivity contribution in [2.45, 2.75) is 26.2 Å². The number of carbonyl (C=O) groups is 1. The first-order chi connectivity index (χ1) is 7.54. The molecule has 94 valence electrons. The van der Waals surface area contributed by atoms with Crippen LogP contribution in [0.25, 0.3) is 0 Å². The molecule has 0 atom stereocenters. The normalized spacial score (nSPS) is 19.8. The summed E-state index contributed by atoms with van der Waals surface area (Å²) in [6.45, 7) is 5.82. The minimum absolute atomic E-state index is 0.149. The smallest absolute Gasteiger partial charge is 0.226 e. The van der Waals surface area contributed by atoms with E-state index in [1.54, 1.807) is 0 Å². The van der Waals surface area contributed by atoms with E-state index in [0.29, 0.717) is 0 Å². The van der Waals surface area contributed by atoms with Gasteiger partial charge in [-0.2, -0.15) is 0 Å². The standard InChI is InChI=1S/C12H25N3O/c1-12(5-8-13-9-6-12)11(16)14-7-4-10-15(2)3/h13H,4-10H2,1-3H3,(H,14,16). The lowest BCUT2D eigenvalue weighted by Crippen LogP contribution is -2.46. The number of hydrogen-bond donors (Lipinski definition) is 2. The minimum atomic E-state index is -0.149. The quantitative estimate of drug-likeness (QED) is 0.670. The van der Waals surface area contributed by atoms with E-state index in [0.717, 1.165) is 45.4 Å². The molecule has 0 aliphatic carbocycles. The van der Waals surface area contributed by atoms with E-state index in [2.05, 4.69) is 36.6 Å². The van der Waals surface area contributed by atoms with Crippen LogP contribution in [0.2, 0.25) is 0 Å². The van der Waals surface area contributed by atoms with Crippen LogP contribution < -0.4 is 10.6 Å². The highest BCUT2D eigenvalue weighted by Gasteiger charge is 2.33. The molecular weight excluding hydrogens is 202 g/mol. The molecular formula is C12H25N3O. The minimum Gasteiger partial charge on any atom is -0.356 e. The third kappa shape index (κ3) is 4.10. The monoisotopic (exact) mass is 227 g/mol. The maximum atomic E-state index is 12.0. The zero-order valence-electron chi connectivity index (χ0n) is 10.8. The SMILES string of the molecule is CN(C)CCCNC(=O)C1(C)CCNCC1. The molecule has 0 spiro atoms. The molecule has 4 nitrogen and oxygen atoms in total. The first-order valence-corrected chi connectivity index (χ1v) is 6.18. The zero-order valence-corrected chi connectivity index (χ0v) is 10.8. The van der Waals surface area contributed by atoms with Gasteiger partial charge in [-0.1, -0.05) is 6.92 Å². The summed E-state index contributed by atoms with van der Waals surface area (Å²) in [5.41, 5.74) is -0.149. The molecule has 1 rings (SSSR count). The van der Waals surface area contributed by atoms with Crippen LogP contribution in [0.1, 0.15) is 26.2 Å². The summed E-state index contributed by atoms with van der Waals surface area (Å²) in [5.74, 6) is 0.229. The van der Waals surface area contributed by atoms with Crippen molar-refractivity contribution in [2.24, 2.45) is 5.41 Å². The first-order valence-electron chi connectivity index (χ1n) is 6.18. The Morgan fingerprint density at radius 1 is 1.38 bits per heavy atom. The van der Waals surface area contributed by atoms with E-state index in [1.165, 1.54) is 0 Å². The number of nitrogens with zero attached hydrogens (tertiary/aromatic N) is 1. The predicted octanol–water partition coefficient (Wildman–Crippen LogP) is 0.444. The summed E-state index contributed by atoms with van der Waals surface area (Å²) in [6.07, 6.45) is 2.92. The highest BCUT2D eigenvalue weighted by Crippen LogP contribution is 2.27. The number of nitrogens with one attached hydrogen (secondary N) is 2. The van der Waals surface area contributed by atoms with Crippen LogP contribution in [0, 0.1) is 5.41 Å². The molecule has 0 bridgehead atoms. The van der Waals surface area contributed by atoms with Crippen LogP contribution in [0.15, 0.2) is 0 Å². The van der Waals surface area contributed by atoms with Crippen LogP contribution in [0.4, 0.5) is 0 Å². The number of carbonyl (C=O) groups excluding carboxylic acids is 1. The topological polar surface area (TPSA) is 44.4 Å². The average Bonchev–Trinajstić information content (AvgIpc) is 2.25. The van der Waals surface area contributed by atoms with Gasteiger partial charge in [-0.05, 0) is 53.0 Å². The summed E-state index contributed by atoms with van der Waals surface area (Å²) < 4.78 is 0. The summed E-state index contributed by atoms with van der Waals surface area (Å²) in [6, 6.07) is 0. The van der Waals surface area contributed by atoms with Gasteiger partial charge in [0.05, 0.1) is 0 Å². The lowest BCUT2D eigenvalue weighted by atomic mass is 9.80. The fourth-order valence-electron chi connectivity index (χ4n) is 2.02. The molecule has 0 saturated carbocycles. The molecule has 4 heteroatoms. The number of rotatable bonds is 5. The van der Waals surface area contributed by atoms with Crippen molar-refractivity contribution < 1.29 is 4.79 Å². The van der Waals surface area contributed by atoms with Crippen molar-refractivity contribution in [3.8, 4) is 0 Å². The molecule has 0 aromatic carbocycles. The first kappa shape index (κ1) is 13.5. The second kappa shape index (κ2) is 6.21. The van der Waals surface area contributed by atoms with Crippen molar-refractivity contribution in [2.75, 3.05) is 40.3 Å². The molecule has 1 fully saturated rings. The molecule has 1 aliphatic heterocycles. The Bertz CT molecular complexity index is 222. The lowest BCUT2D eigenvalue weighted by molar-refractivity contribution is -0.131. The Hall–Kier alpha value is -0.610. The highest BCUT2D eigenvalue weighted by atomic mass is 16.2. The fourth-order valence-corrected chi connectivity index (χ4v) is 2.02. The van der Waals surface area contributed by atoms with Crippen molar-refractivity contribution in [3.05, 3.63) is 0 Å². The van der Waals surface area contributed by atoms with Crippen molar-refractivity contribution in [1.82, 2.24) is 15.5 Å². The number of hydrogen-bond acceptors (Lipinski definition) is 3. The van der Waals surface area contributed by atoms with Crippen LogP contribution in [0.3, 0.4) is 0 Å². The van der Waals surface area contributed by atoms with Gasteiger partial charge in [0.25, 0.3) is 0 Å². The van der Waals surface area contributed by atoms with Gasteiger partial charge in [-0.25, -0.2) is 0 Å². The molecule has 2 N–H and O–H groups in total. The zero-order chi connectivity index (χ0) is 12.0. The van der Waals surface area contributed by atoms with Gasteiger partial charge in [0.1, 0.15) is 0 Å². The summed E-state index contributed by atoms with van der Waals surface area (Å²) in [5, 5.41) is 6.35. The van der Waals surface area contributed by atoms with Gasteiger partial charge in [0.15, 0.2) is 0 Å². The average molecular weight is 227 g/mol. The van der Waals surface area contributed by atoms with E-state index >= 15 is 0 Å². The van der Waals surface area contributed by atoms with Crippen molar-refractivity contribution in [3.63, 3.8) is 0 Å². The van der Waals surface area contributed by atoms with Gasteiger partial charge in [-0.3, -0.25) is 4.79 Å². The van der Waals surface area contributed by atoms with Crippen LogP contribution >= 0.6 is 0 Å². The summed E-state index contributed by atoms with van der Waals surface area (Å²) >= 11 is 0. The number of piperidine rings is 1. The molecule has 1 heterocycles. The highest BCUT2D eigenvalue weighted by molar-refractivity contribution is 5.82. The Morgan fingerprint density at radius 3 is 2.56 bits per heavy atom. The van der Waals surface area contributed by atoms with E-state index in [4.69, 9.17) is 0 Å². The van der Waals surface area contributed by atoms with E-state index < -0.39 is 0 Å². The third-order valence-corrected chi connectivity index (χ3v) is 3.32. The van der Waals surface area contributed by atoms with Gasteiger partial charge in [-0.15, -0.1) is 0 Å². The molecule has 16 heavy (non-hydrogen) atoms.